The predicted molar refractivity (Wildman–Crippen MR) is 134 cm³/mol. The Morgan fingerprint density at radius 1 is 1.06 bits per heavy atom. The van der Waals surface area contributed by atoms with Gasteiger partial charge in [0.2, 0.25) is 5.91 Å². The van der Waals surface area contributed by atoms with Crippen molar-refractivity contribution in [1.82, 2.24) is 4.90 Å². The minimum absolute atomic E-state index is 0.0102. The number of allylic oxidation sites excluding steroid dienone is 2. The summed E-state index contributed by atoms with van der Waals surface area (Å²) in [4.78, 5) is 16.1. The first-order valence-electron chi connectivity index (χ1n) is 11.1. The highest BCUT2D eigenvalue weighted by molar-refractivity contribution is 7.99. The number of carbonyl (C=O) groups is 1. The molecule has 0 radical (unpaired) electrons. The molecule has 0 fully saturated rings. The lowest BCUT2D eigenvalue weighted by Crippen LogP contribution is -2.39. The summed E-state index contributed by atoms with van der Waals surface area (Å²) >= 11 is 1.81. The molecule has 0 aromatic heterocycles. The van der Waals surface area contributed by atoms with Crippen molar-refractivity contribution in [2.24, 2.45) is 0 Å². The van der Waals surface area contributed by atoms with Crippen molar-refractivity contribution < 1.29 is 4.79 Å². The number of likely N-dealkylation sites (N-methyl/N-ethyl adjacent to an activating group) is 1. The molecule has 164 valence electrons. The van der Waals surface area contributed by atoms with E-state index in [1.54, 1.807) is 0 Å². The van der Waals surface area contributed by atoms with Crippen LogP contribution in [0.3, 0.4) is 0 Å². The fourth-order valence-electron chi connectivity index (χ4n) is 3.70. The van der Waals surface area contributed by atoms with E-state index in [2.05, 4.69) is 80.5 Å². The van der Waals surface area contributed by atoms with E-state index in [0.29, 0.717) is 6.42 Å². The number of nitrogens with zero attached hydrogens (tertiary/aromatic N) is 1. The van der Waals surface area contributed by atoms with Gasteiger partial charge in [-0.15, -0.1) is 11.8 Å². The maximum Gasteiger partial charge on any atom is 0.228 e. The molecule has 1 N–H and O–H groups in total. The fourth-order valence-corrected chi connectivity index (χ4v) is 4.36. The van der Waals surface area contributed by atoms with Crippen LogP contribution in [0.4, 0.5) is 5.69 Å². The van der Waals surface area contributed by atoms with Gasteiger partial charge in [-0.25, -0.2) is 0 Å². The minimum atomic E-state index is -0.104. The van der Waals surface area contributed by atoms with Crippen molar-refractivity contribution in [3.63, 3.8) is 0 Å². The first kappa shape index (κ1) is 23.4. The Hall–Kier alpha value is -2.30. The van der Waals surface area contributed by atoms with Crippen LogP contribution in [0.2, 0.25) is 0 Å². The second-order valence-corrected chi connectivity index (χ2v) is 9.89. The SMILES string of the molecule is CCSc1ccc(CC(=O)Nc2ccc(C(C)(C)N(C)CC3=CCCC=C3)cc2)cc1. The summed E-state index contributed by atoms with van der Waals surface area (Å²) in [6.07, 6.45) is 9.50. The molecular formula is C27H34N2OS. The van der Waals surface area contributed by atoms with Crippen molar-refractivity contribution in [2.45, 2.75) is 50.5 Å². The van der Waals surface area contributed by atoms with Gasteiger partial charge in [-0.2, -0.15) is 0 Å². The minimum Gasteiger partial charge on any atom is -0.326 e. The Morgan fingerprint density at radius 2 is 1.77 bits per heavy atom. The van der Waals surface area contributed by atoms with Crippen molar-refractivity contribution in [2.75, 3.05) is 24.7 Å². The number of amides is 1. The van der Waals surface area contributed by atoms with Gasteiger partial charge in [-0.05, 0) is 80.5 Å². The molecule has 0 bridgehead atoms. The van der Waals surface area contributed by atoms with Crippen LogP contribution in [0.25, 0.3) is 0 Å². The molecule has 2 aromatic carbocycles. The fraction of sp³-hybridized carbons (Fsp3) is 0.370. The smallest absolute Gasteiger partial charge is 0.228 e. The maximum absolute atomic E-state index is 12.5. The lowest BCUT2D eigenvalue weighted by Gasteiger charge is -2.37. The molecule has 0 heterocycles. The highest BCUT2D eigenvalue weighted by Gasteiger charge is 2.26. The highest BCUT2D eigenvalue weighted by atomic mass is 32.2. The average molecular weight is 435 g/mol. The van der Waals surface area contributed by atoms with Crippen LogP contribution in [0.1, 0.15) is 44.7 Å². The van der Waals surface area contributed by atoms with Gasteiger partial charge in [0.05, 0.1) is 6.42 Å². The van der Waals surface area contributed by atoms with E-state index in [9.17, 15) is 4.79 Å². The number of nitrogens with one attached hydrogen (secondary N) is 1. The summed E-state index contributed by atoms with van der Waals surface area (Å²) < 4.78 is 0. The lowest BCUT2D eigenvalue weighted by molar-refractivity contribution is -0.115. The molecule has 4 heteroatoms. The summed E-state index contributed by atoms with van der Waals surface area (Å²) in [5.74, 6) is 1.06. The van der Waals surface area contributed by atoms with Crippen molar-refractivity contribution in [3.8, 4) is 0 Å². The van der Waals surface area contributed by atoms with Gasteiger partial charge in [-0.3, -0.25) is 9.69 Å². The summed E-state index contributed by atoms with van der Waals surface area (Å²) in [5, 5.41) is 3.03. The molecule has 31 heavy (non-hydrogen) atoms. The molecule has 0 unspecified atom stereocenters. The number of benzene rings is 2. The molecule has 3 nitrogen and oxygen atoms in total. The normalized spacial score (nSPS) is 13.9. The molecule has 2 aromatic rings. The Kier molecular flexibility index (Phi) is 8.16. The maximum atomic E-state index is 12.5. The second-order valence-electron chi connectivity index (χ2n) is 8.55. The molecule has 0 atom stereocenters. The van der Waals surface area contributed by atoms with E-state index in [0.717, 1.165) is 36.4 Å². The Balaban J connectivity index is 1.57. The number of thioether (sulfide) groups is 1. The molecule has 1 aliphatic rings. The average Bonchev–Trinajstić information content (AvgIpc) is 2.76. The van der Waals surface area contributed by atoms with Crippen molar-refractivity contribution in [1.29, 1.82) is 0 Å². The van der Waals surface area contributed by atoms with E-state index >= 15 is 0 Å². The van der Waals surface area contributed by atoms with Gasteiger partial charge in [0.15, 0.2) is 0 Å². The third-order valence-corrected chi connectivity index (χ3v) is 6.81. The van der Waals surface area contributed by atoms with E-state index in [1.165, 1.54) is 16.0 Å². The summed E-state index contributed by atoms with van der Waals surface area (Å²) in [5.41, 5.74) is 4.38. The predicted octanol–water partition coefficient (Wildman–Crippen LogP) is 6.42. The van der Waals surface area contributed by atoms with Crippen molar-refractivity contribution in [3.05, 3.63) is 83.5 Å². The van der Waals surface area contributed by atoms with Crippen molar-refractivity contribution >= 4 is 23.4 Å². The zero-order chi connectivity index (χ0) is 22.3. The molecule has 3 rings (SSSR count). The summed E-state index contributed by atoms with van der Waals surface area (Å²) in [6.45, 7) is 7.56. The van der Waals surface area contributed by atoms with Crippen LogP contribution in [-0.2, 0) is 16.8 Å². The van der Waals surface area contributed by atoms with Crippen LogP contribution in [-0.4, -0.2) is 30.2 Å². The topological polar surface area (TPSA) is 32.3 Å². The van der Waals surface area contributed by atoms with E-state index < -0.39 is 0 Å². The molecule has 1 amide bonds. The number of hydrogen-bond acceptors (Lipinski definition) is 3. The van der Waals surface area contributed by atoms with E-state index in [-0.39, 0.29) is 11.4 Å². The molecule has 0 saturated carbocycles. The van der Waals surface area contributed by atoms with Gasteiger partial charge in [-0.1, -0.05) is 49.4 Å². The van der Waals surface area contributed by atoms with E-state index in [1.807, 2.05) is 36.0 Å². The third-order valence-electron chi connectivity index (χ3n) is 5.92. The largest absolute Gasteiger partial charge is 0.326 e. The number of rotatable bonds is 9. The molecular weight excluding hydrogens is 400 g/mol. The summed E-state index contributed by atoms with van der Waals surface area (Å²) in [7, 11) is 2.17. The standard InChI is InChI=1S/C27H34N2OS/c1-5-31-25-17-11-21(12-18-25)19-26(30)28-24-15-13-23(14-16-24)27(2,3)29(4)20-22-9-7-6-8-10-22/h7,9-18H,5-6,8,19-20H2,1-4H3,(H,28,30). The summed E-state index contributed by atoms with van der Waals surface area (Å²) in [6, 6.07) is 16.5. The number of anilines is 1. The number of carbonyl (C=O) groups excluding carboxylic acids is 1. The zero-order valence-electron chi connectivity index (χ0n) is 19.2. The molecule has 0 spiro atoms. The number of hydrogen-bond donors (Lipinski definition) is 1. The lowest BCUT2D eigenvalue weighted by atomic mass is 9.91. The van der Waals surface area contributed by atoms with E-state index in [4.69, 9.17) is 0 Å². The third kappa shape index (κ3) is 6.59. The van der Waals surface area contributed by atoms with Gasteiger partial charge in [0, 0.05) is 22.7 Å². The van der Waals surface area contributed by atoms with Crippen LogP contribution in [0, 0.1) is 0 Å². The zero-order valence-corrected chi connectivity index (χ0v) is 20.0. The highest BCUT2D eigenvalue weighted by Crippen LogP contribution is 2.29. The van der Waals surface area contributed by atoms with Gasteiger partial charge in [0.1, 0.15) is 0 Å². The van der Waals surface area contributed by atoms with Gasteiger partial charge < -0.3 is 5.32 Å². The van der Waals surface area contributed by atoms with Gasteiger partial charge in [0.25, 0.3) is 0 Å². The first-order chi connectivity index (χ1) is 14.9. The quantitative estimate of drug-likeness (QED) is 0.462. The Bertz CT molecular complexity index is 927. The van der Waals surface area contributed by atoms with Crippen LogP contribution in [0.15, 0.2) is 77.2 Å². The van der Waals surface area contributed by atoms with Crippen LogP contribution in [0.5, 0.6) is 0 Å². The molecule has 0 saturated heterocycles. The second kappa shape index (κ2) is 10.8. The monoisotopic (exact) mass is 434 g/mol. The molecule has 1 aliphatic carbocycles. The first-order valence-corrected chi connectivity index (χ1v) is 12.1. The van der Waals surface area contributed by atoms with Crippen LogP contribution < -0.4 is 5.32 Å². The van der Waals surface area contributed by atoms with Crippen LogP contribution >= 0.6 is 11.8 Å². The Labute approximate surface area is 191 Å². The van der Waals surface area contributed by atoms with Gasteiger partial charge >= 0.3 is 0 Å². The molecule has 0 aliphatic heterocycles. The Morgan fingerprint density at radius 3 is 2.39 bits per heavy atom.